The maximum atomic E-state index is 12.5. The summed E-state index contributed by atoms with van der Waals surface area (Å²) in [5.41, 5.74) is 0.669. The van der Waals surface area contributed by atoms with Crippen LogP contribution in [0, 0.1) is 0 Å². The van der Waals surface area contributed by atoms with Crippen molar-refractivity contribution in [1.82, 2.24) is 9.80 Å². The van der Waals surface area contributed by atoms with Gasteiger partial charge in [-0.25, -0.2) is 0 Å². The van der Waals surface area contributed by atoms with Crippen molar-refractivity contribution in [3.8, 4) is 5.75 Å². The minimum absolute atomic E-state index is 0.162. The van der Waals surface area contributed by atoms with E-state index in [-0.39, 0.29) is 12.4 Å². The second-order valence-corrected chi connectivity index (χ2v) is 6.28. The highest BCUT2D eigenvalue weighted by Crippen LogP contribution is 2.26. The summed E-state index contributed by atoms with van der Waals surface area (Å²) >= 11 is 0. The van der Waals surface area contributed by atoms with Crippen LogP contribution in [0.25, 0.3) is 0 Å². The minimum Gasteiger partial charge on any atom is -0.497 e. The number of rotatable bonds is 5. The normalized spacial score (nSPS) is 15.4. The smallest absolute Gasteiger partial charge is 0.325 e. The minimum atomic E-state index is -0.913. The molecule has 9 heteroatoms. The van der Waals surface area contributed by atoms with Crippen molar-refractivity contribution in [3.05, 3.63) is 54.0 Å². The molecule has 3 rings (SSSR count). The molecule has 0 aliphatic carbocycles. The largest absolute Gasteiger partial charge is 0.497 e. The number of carbonyl (C=O) groups is 3. The Labute approximate surface area is 168 Å². The number of carboxylic acids is 1. The standard InChI is InChI=1S/C19H22N2O5.CH2O2/c1-25-15-6-2-5-14(13-15)17(19(23)24)20-8-4-9-21(11-10-20)18(22)16-7-3-12-26-16;2-1-3/h2-3,5-7,12-13,17H,4,8-11H2,1H3,(H,23,24);1H,(H,2,3). The Morgan fingerprint density at radius 3 is 2.55 bits per heavy atom. The topological polar surface area (TPSA) is 121 Å². The first-order valence-electron chi connectivity index (χ1n) is 9.03. The lowest BCUT2D eigenvalue weighted by Gasteiger charge is -2.28. The second kappa shape index (κ2) is 10.9. The number of nitrogens with zero attached hydrogens (tertiary/aromatic N) is 2. The molecule has 2 aromatic rings. The van der Waals surface area contributed by atoms with Gasteiger partial charge in [0, 0.05) is 26.2 Å². The Morgan fingerprint density at radius 1 is 1.17 bits per heavy atom. The van der Waals surface area contributed by atoms with E-state index in [1.165, 1.54) is 6.26 Å². The van der Waals surface area contributed by atoms with Gasteiger partial charge < -0.3 is 24.3 Å². The zero-order chi connectivity index (χ0) is 21.2. The van der Waals surface area contributed by atoms with E-state index < -0.39 is 12.0 Å². The SMILES string of the molecule is COc1cccc(C(C(=O)O)N2CCCN(C(=O)c3ccco3)CC2)c1.O=CO. The highest BCUT2D eigenvalue weighted by atomic mass is 16.5. The Balaban J connectivity index is 0.000000941. The van der Waals surface area contributed by atoms with Crippen molar-refractivity contribution in [1.29, 1.82) is 0 Å². The molecule has 1 aromatic heterocycles. The summed E-state index contributed by atoms with van der Waals surface area (Å²) in [7, 11) is 1.55. The number of methoxy groups -OCH3 is 1. The van der Waals surface area contributed by atoms with Crippen LogP contribution in [-0.2, 0) is 9.59 Å². The van der Waals surface area contributed by atoms with E-state index in [1.807, 2.05) is 4.90 Å². The van der Waals surface area contributed by atoms with Crippen molar-refractivity contribution in [2.24, 2.45) is 0 Å². The first-order valence-corrected chi connectivity index (χ1v) is 9.03. The van der Waals surface area contributed by atoms with Gasteiger partial charge in [0.25, 0.3) is 12.4 Å². The molecule has 0 bridgehead atoms. The van der Waals surface area contributed by atoms with Gasteiger partial charge in [-0.3, -0.25) is 19.3 Å². The summed E-state index contributed by atoms with van der Waals surface area (Å²) in [6.45, 7) is 1.84. The molecular formula is C20H24N2O7. The fraction of sp³-hybridized carbons (Fsp3) is 0.350. The second-order valence-electron chi connectivity index (χ2n) is 6.28. The number of benzene rings is 1. The summed E-state index contributed by atoms with van der Waals surface area (Å²) in [5, 5.41) is 16.7. The zero-order valence-electron chi connectivity index (χ0n) is 16.1. The average Bonchev–Trinajstić information content (AvgIpc) is 3.15. The molecule has 9 nitrogen and oxygen atoms in total. The lowest BCUT2D eigenvalue weighted by molar-refractivity contribution is -0.143. The van der Waals surface area contributed by atoms with E-state index in [0.29, 0.717) is 49.7 Å². The first-order chi connectivity index (χ1) is 14.0. The highest BCUT2D eigenvalue weighted by Gasteiger charge is 2.30. The third-order valence-electron chi connectivity index (χ3n) is 4.56. The van der Waals surface area contributed by atoms with E-state index in [4.69, 9.17) is 19.1 Å². The van der Waals surface area contributed by atoms with E-state index in [1.54, 1.807) is 48.4 Å². The van der Waals surface area contributed by atoms with Crippen LogP contribution in [0.4, 0.5) is 0 Å². The van der Waals surface area contributed by atoms with Crippen LogP contribution >= 0.6 is 0 Å². The fourth-order valence-electron chi connectivity index (χ4n) is 3.28. The third kappa shape index (κ3) is 5.82. The van der Waals surface area contributed by atoms with Gasteiger partial charge in [-0.05, 0) is 36.2 Å². The Kier molecular flexibility index (Phi) is 8.23. The average molecular weight is 404 g/mol. The summed E-state index contributed by atoms with van der Waals surface area (Å²) in [6.07, 6.45) is 2.17. The number of furan rings is 1. The van der Waals surface area contributed by atoms with Crippen LogP contribution in [-0.4, -0.2) is 71.7 Å². The number of aliphatic carboxylic acids is 1. The summed E-state index contributed by atoms with van der Waals surface area (Å²) in [4.78, 5) is 36.4. The summed E-state index contributed by atoms with van der Waals surface area (Å²) in [6, 6.07) is 9.65. The maximum absolute atomic E-state index is 12.5. The van der Waals surface area contributed by atoms with Gasteiger partial charge in [-0.2, -0.15) is 0 Å². The predicted octanol–water partition coefficient (Wildman–Crippen LogP) is 1.96. The zero-order valence-corrected chi connectivity index (χ0v) is 16.1. The molecule has 0 radical (unpaired) electrons. The van der Waals surface area contributed by atoms with Gasteiger partial charge in [-0.15, -0.1) is 0 Å². The van der Waals surface area contributed by atoms with E-state index in [9.17, 15) is 14.7 Å². The molecule has 156 valence electrons. The van der Waals surface area contributed by atoms with Gasteiger partial charge in [0.05, 0.1) is 13.4 Å². The van der Waals surface area contributed by atoms with Crippen LogP contribution < -0.4 is 4.74 Å². The van der Waals surface area contributed by atoms with Gasteiger partial charge in [0.2, 0.25) is 0 Å². The lowest BCUT2D eigenvalue weighted by Crippen LogP contribution is -2.38. The Bertz CT molecular complexity index is 807. The number of carbonyl (C=O) groups excluding carboxylic acids is 1. The van der Waals surface area contributed by atoms with Crippen LogP contribution in [0.3, 0.4) is 0 Å². The van der Waals surface area contributed by atoms with Gasteiger partial charge in [0.1, 0.15) is 11.8 Å². The molecule has 29 heavy (non-hydrogen) atoms. The molecule has 1 amide bonds. The van der Waals surface area contributed by atoms with Crippen molar-refractivity contribution >= 4 is 18.3 Å². The number of hydrogen-bond donors (Lipinski definition) is 2. The molecular weight excluding hydrogens is 380 g/mol. The van der Waals surface area contributed by atoms with E-state index in [2.05, 4.69) is 0 Å². The van der Waals surface area contributed by atoms with Crippen molar-refractivity contribution in [2.45, 2.75) is 12.5 Å². The first kappa shape index (κ1) is 22.0. The number of ether oxygens (including phenoxy) is 1. The molecule has 0 spiro atoms. The summed E-state index contributed by atoms with van der Waals surface area (Å²) in [5.74, 6) is -0.145. The maximum Gasteiger partial charge on any atom is 0.325 e. The molecule has 1 aliphatic heterocycles. The molecule has 0 saturated carbocycles. The van der Waals surface area contributed by atoms with Crippen molar-refractivity contribution in [2.75, 3.05) is 33.3 Å². The molecule has 1 saturated heterocycles. The molecule has 1 aliphatic rings. The highest BCUT2D eigenvalue weighted by molar-refractivity contribution is 5.91. The van der Waals surface area contributed by atoms with Crippen molar-refractivity contribution in [3.63, 3.8) is 0 Å². The van der Waals surface area contributed by atoms with Gasteiger partial charge in [0.15, 0.2) is 5.76 Å². The number of carboxylic acid groups (broad SMARTS) is 2. The number of hydrogen-bond acceptors (Lipinski definition) is 6. The van der Waals surface area contributed by atoms with E-state index in [0.717, 1.165) is 0 Å². The molecule has 2 heterocycles. The van der Waals surface area contributed by atoms with Gasteiger partial charge >= 0.3 is 5.97 Å². The van der Waals surface area contributed by atoms with Crippen LogP contribution in [0.5, 0.6) is 5.75 Å². The molecule has 1 fully saturated rings. The Morgan fingerprint density at radius 2 is 1.93 bits per heavy atom. The molecule has 1 aromatic carbocycles. The van der Waals surface area contributed by atoms with Crippen LogP contribution in [0.2, 0.25) is 0 Å². The van der Waals surface area contributed by atoms with Gasteiger partial charge in [-0.1, -0.05) is 12.1 Å². The van der Waals surface area contributed by atoms with Crippen LogP contribution in [0.1, 0.15) is 28.6 Å². The monoisotopic (exact) mass is 404 g/mol. The third-order valence-corrected chi connectivity index (χ3v) is 4.56. The summed E-state index contributed by atoms with van der Waals surface area (Å²) < 4.78 is 10.4. The van der Waals surface area contributed by atoms with Crippen molar-refractivity contribution < 1.29 is 33.8 Å². The van der Waals surface area contributed by atoms with E-state index >= 15 is 0 Å². The quantitative estimate of drug-likeness (QED) is 0.726. The lowest BCUT2D eigenvalue weighted by atomic mass is 10.0. The molecule has 1 unspecified atom stereocenters. The molecule has 2 N–H and O–H groups in total. The van der Waals surface area contributed by atoms with Crippen LogP contribution in [0.15, 0.2) is 47.1 Å². The molecule has 1 atom stereocenters. The fourth-order valence-corrected chi connectivity index (χ4v) is 3.28. The Hall–Kier alpha value is -3.33. The predicted molar refractivity (Wildman–Crippen MR) is 103 cm³/mol. The number of amides is 1.